The fourth-order valence-corrected chi connectivity index (χ4v) is 2.31. The maximum absolute atomic E-state index is 12.5. The fraction of sp³-hybridized carbons (Fsp3) is 0.118. The van der Waals surface area contributed by atoms with Gasteiger partial charge in [0.2, 0.25) is 5.82 Å². The van der Waals surface area contributed by atoms with Crippen LogP contribution in [0.3, 0.4) is 0 Å². The molecule has 0 atom stereocenters. The zero-order valence-corrected chi connectivity index (χ0v) is 14.5. The summed E-state index contributed by atoms with van der Waals surface area (Å²) in [6.45, 7) is 0.240. The summed E-state index contributed by atoms with van der Waals surface area (Å²) in [6, 6.07) is 5.44. The van der Waals surface area contributed by atoms with Crippen LogP contribution in [-0.4, -0.2) is 35.1 Å². The van der Waals surface area contributed by atoms with E-state index in [2.05, 4.69) is 44.9 Å². The first-order valence-corrected chi connectivity index (χ1v) is 8.17. The number of halogens is 3. The van der Waals surface area contributed by atoms with Gasteiger partial charge in [-0.2, -0.15) is 18.2 Å². The Labute approximate surface area is 161 Å². The van der Waals surface area contributed by atoms with Gasteiger partial charge in [-0.15, -0.1) is 0 Å². The van der Waals surface area contributed by atoms with Crippen molar-refractivity contribution in [1.82, 2.24) is 35.1 Å². The molecule has 0 bridgehead atoms. The Morgan fingerprint density at radius 3 is 2.52 bits per heavy atom. The number of hydrogen-bond acceptors (Lipinski definition) is 9. The van der Waals surface area contributed by atoms with Gasteiger partial charge in [-0.25, -0.2) is 19.9 Å². The number of hydrogen-bond donors (Lipinski definition) is 1. The molecule has 0 aromatic carbocycles. The highest BCUT2D eigenvalue weighted by Gasteiger charge is 2.38. The van der Waals surface area contributed by atoms with Crippen molar-refractivity contribution in [3.8, 4) is 22.6 Å². The Morgan fingerprint density at radius 2 is 1.83 bits per heavy atom. The quantitative estimate of drug-likeness (QED) is 0.540. The maximum Gasteiger partial charge on any atom is 0.471 e. The summed E-state index contributed by atoms with van der Waals surface area (Å²) in [7, 11) is 0. The van der Waals surface area contributed by atoms with Crippen LogP contribution < -0.4 is 5.32 Å². The molecule has 0 saturated heterocycles. The second-order valence-electron chi connectivity index (χ2n) is 5.69. The van der Waals surface area contributed by atoms with E-state index in [-0.39, 0.29) is 17.9 Å². The molecule has 0 amide bonds. The van der Waals surface area contributed by atoms with Crippen LogP contribution in [0.2, 0.25) is 0 Å². The lowest BCUT2D eigenvalue weighted by Gasteiger charge is -2.06. The Morgan fingerprint density at radius 1 is 1.00 bits per heavy atom. The van der Waals surface area contributed by atoms with E-state index in [1.54, 1.807) is 24.5 Å². The van der Waals surface area contributed by atoms with Crippen LogP contribution in [0.25, 0.3) is 22.6 Å². The van der Waals surface area contributed by atoms with E-state index in [9.17, 15) is 13.2 Å². The van der Waals surface area contributed by atoms with Crippen LogP contribution in [-0.2, 0) is 12.7 Å². The summed E-state index contributed by atoms with van der Waals surface area (Å²) in [5, 5.41) is 6.35. The van der Waals surface area contributed by atoms with E-state index in [1.165, 1.54) is 18.7 Å². The molecule has 12 heteroatoms. The molecule has 4 rings (SSSR count). The van der Waals surface area contributed by atoms with E-state index in [0.29, 0.717) is 17.3 Å². The van der Waals surface area contributed by atoms with Gasteiger partial charge in [-0.05, 0) is 12.1 Å². The van der Waals surface area contributed by atoms with E-state index < -0.39 is 12.1 Å². The van der Waals surface area contributed by atoms with Crippen molar-refractivity contribution in [3.05, 3.63) is 61.0 Å². The van der Waals surface area contributed by atoms with E-state index in [1.807, 2.05) is 6.07 Å². The predicted octanol–water partition coefficient (Wildman–Crippen LogP) is 3.01. The highest BCUT2D eigenvalue weighted by Crippen LogP contribution is 2.29. The average Bonchev–Trinajstić information content (AvgIpc) is 3.24. The van der Waals surface area contributed by atoms with Crippen LogP contribution in [0.5, 0.6) is 0 Å². The lowest BCUT2D eigenvalue weighted by molar-refractivity contribution is -0.159. The third-order valence-corrected chi connectivity index (χ3v) is 3.68. The van der Waals surface area contributed by atoms with Crippen LogP contribution in [0.15, 0.2) is 53.8 Å². The van der Waals surface area contributed by atoms with Gasteiger partial charge >= 0.3 is 12.1 Å². The van der Waals surface area contributed by atoms with Crippen molar-refractivity contribution in [3.63, 3.8) is 0 Å². The second kappa shape index (κ2) is 7.58. The van der Waals surface area contributed by atoms with Crippen LogP contribution in [0.1, 0.15) is 11.7 Å². The number of alkyl halides is 3. The molecule has 0 radical (unpaired) electrons. The molecule has 0 aliphatic carbocycles. The molecule has 1 N–H and O–H groups in total. The molecule has 0 aliphatic heterocycles. The minimum absolute atomic E-state index is 0.203. The number of aromatic nitrogens is 7. The number of anilines is 1. The number of pyridine rings is 1. The van der Waals surface area contributed by atoms with Gasteiger partial charge in [0, 0.05) is 36.4 Å². The highest BCUT2D eigenvalue weighted by molar-refractivity contribution is 5.60. The van der Waals surface area contributed by atoms with Crippen molar-refractivity contribution < 1.29 is 17.7 Å². The fourth-order valence-electron chi connectivity index (χ4n) is 2.31. The lowest BCUT2D eigenvalue weighted by Crippen LogP contribution is -2.06. The molecule has 4 heterocycles. The highest BCUT2D eigenvalue weighted by atomic mass is 19.4. The van der Waals surface area contributed by atoms with Crippen molar-refractivity contribution in [1.29, 1.82) is 0 Å². The molecule has 0 saturated carbocycles. The zero-order chi connectivity index (χ0) is 20.3. The SMILES string of the molecule is FC(F)(F)c1nc(-c2cnc(CNc3cc(-c4cccnc4)ncn3)nc2)no1. The Bertz CT molecular complexity index is 1100. The lowest BCUT2D eigenvalue weighted by atomic mass is 10.2. The van der Waals surface area contributed by atoms with Crippen molar-refractivity contribution in [2.24, 2.45) is 0 Å². The van der Waals surface area contributed by atoms with Gasteiger partial charge < -0.3 is 9.84 Å². The summed E-state index contributed by atoms with van der Waals surface area (Å²) in [6.07, 6.45) is 2.71. The molecular weight excluding hydrogens is 389 g/mol. The van der Waals surface area contributed by atoms with Crippen LogP contribution >= 0.6 is 0 Å². The van der Waals surface area contributed by atoms with Gasteiger partial charge in [-0.3, -0.25) is 4.98 Å². The predicted molar refractivity (Wildman–Crippen MR) is 92.9 cm³/mol. The standard InChI is InChI=1S/C17H11F3N8O/c18-17(19,20)16-27-15(28-29-16)11-6-22-14(23-7-11)8-24-13-4-12(25-9-26-13)10-2-1-3-21-5-10/h1-7,9H,8H2,(H,24,25,26). The zero-order valence-electron chi connectivity index (χ0n) is 14.5. The second-order valence-corrected chi connectivity index (χ2v) is 5.69. The Kier molecular flexibility index (Phi) is 4.81. The van der Waals surface area contributed by atoms with E-state index in [4.69, 9.17) is 0 Å². The van der Waals surface area contributed by atoms with Gasteiger partial charge in [0.1, 0.15) is 18.0 Å². The Balaban J connectivity index is 1.43. The first-order chi connectivity index (χ1) is 14.0. The summed E-state index contributed by atoms with van der Waals surface area (Å²) < 4.78 is 41.8. The maximum atomic E-state index is 12.5. The molecule has 29 heavy (non-hydrogen) atoms. The first kappa shape index (κ1) is 18.4. The average molecular weight is 400 g/mol. The van der Waals surface area contributed by atoms with Crippen LogP contribution in [0, 0.1) is 0 Å². The monoisotopic (exact) mass is 400 g/mol. The minimum Gasteiger partial charge on any atom is -0.363 e. The van der Waals surface area contributed by atoms with Gasteiger partial charge in [-0.1, -0.05) is 5.16 Å². The molecule has 0 spiro atoms. The Hall–Kier alpha value is -3.96. The van der Waals surface area contributed by atoms with Crippen molar-refractivity contribution >= 4 is 5.82 Å². The largest absolute Gasteiger partial charge is 0.471 e. The van der Waals surface area contributed by atoms with E-state index >= 15 is 0 Å². The molecule has 146 valence electrons. The molecule has 0 fully saturated rings. The van der Waals surface area contributed by atoms with E-state index in [0.717, 1.165) is 5.56 Å². The molecular formula is C17H11F3N8O. The minimum atomic E-state index is -4.71. The number of nitrogens with one attached hydrogen (secondary N) is 1. The third kappa shape index (κ3) is 4.31. The van der Waals surface area contributed by atoms with Gasteiger partial charge in [0.15, 0.2) is 0 Å². The van der Waals surface area contributed by atoms with Gasteiger partial charge in [0.25, 0.3) is 0 Å². The molecule has 9 nitrogen and oxygen atoms in total. The van der Waals surface area contributed by atoms with Crippen LogP contribution in [0.4, 0.5) is 19.0 Å². The topological polar surface area (TPSA) is 115 Å². The summed E-state index contributed by atoms with van der Waals surface area (Å²) in [4.78, 5) is 23.9. The summed E-state index contributed by atoms with van der Waals surface area (Å²) in [5.74, 6) is -0.713. The number of nitrogens with zero attached hydrogens (tertiary/aromatic N) is 7. The first-order valence-electron chi connectivity index (χ1n) is 8.17. The number of rotatable bonds is 5. The molecule has 4 aromatic rings. The third-order valence-electron chi connectivity index (χ3n) is 3.68. The summed E-state index contributed by atoms with van der Waals surface area (Å²) in [5.41, 5.74) is 1.75. The normalized spacial score (nSPS) is 11.4. The summed E-state index contributed by atoms with van der Waals surface area (Å²) >= 11 is 0. The molecule has 4 aromatic heterocycles. The van der Waals surface area contributed by atoms with Crippen molar-refractivity contribution in [2.45, 2.75) is 12.7 Å². The molecule has 0 aliphatic rings. The smallest absolute Gasteiger partial charge is 0.363 e. The van der Waals surface area contributed by atoms with Crippen molar-refractivity contribution in [2.75, 3.05) is 5.32 Å². The van der Waals surface area contributed by atoms with Gasteiger partial charge in [0.05, 0.1) is 17.8 Å². The molecule has 0 unspecified atom stereocenters.